The highest BCUT2D eigenvalue weighted by molar-refractivity contribution is 5.50. The molecule has 0 amide bonds. The lowest BCUT2D eigenvalue weighted by atomic mass is 10.0. The van der Waals surface area contributed by atoms with E-state index < -0.39 is 40.4 Å². The first-order valence-electron chi connectivity index (χ1n) is 11.4. The number of hydrogen-bond acceptors (Lipinski definition) is 6. The van der Waals surface area contributed by atoms with Crippen molar-refractivity contribution in [3.8, 4) is 17.4 Å². The number of alkyl halides is 3. The molecule has 0 aliphatic carbocycles. The van der Waals surface area contributed by atoms with Crippen LogP contribution in [0.4, 0.5) is 27.8 Å². The maximum absolute atomic E-state index is 14.6. The molecule has 0 radical (unpaired) electrons. The number of rotatable bonds is 5. The normalized spacial score (nSPS) is 20.9. The molecule has 0 bridgehead atoms. The summed E-state index contributed by atoms with van der Waals surface area (Å²) < 4.78 is 85.4. The van der Waals surface area contributed by atoms with Crippen LogP contribution in [0.25, 0.3) is 0 Å². The monoisotopic (exact) mass is 523 g/mol. The van der Waals surface area contributed by atoms with Crippen LogP contribution in [0.2, 0.25) is 0 Å². The van der Waals surface area contributed by atoms with Crippen LogP contribution in [-0.4, -0.2) is 34.3 Å². The molecule has 7 nitrogen and oxygen atoms in total. The quantitative estimate of drug-likeness (QED) is 0.443. The van der Waals surface area contributed by atoms with Gasteiger partial charge in [-0.15, -0.1) is 0 Å². The van der Waals surface area contributed by atoms with Crippen LogP contribution in [0.5, 0.6) is 17.4 Å². The first kappa shape index (κ1) is 25.0. The zero-order valence-electron chi connectivity index (χ0n) is 19.8. The summed E-state index contributed by atoms with van der Waals surface area (Å²) in [5, 5.41) is 0. The smallest absolute Gasteiger partial charge is 0.416 e. The van der Waals surface area contributed by atoms with E-state index in [0.29, 0.717) is 25.5 Å². The van der Waals surface area contributed by atoms with Crippen molar-refractivity contribution < 1.29 is 36.2 Å². The SMILES string of the molecule is C[C@H]1CN2c3cc(OCc4cc(F)c(Oc5ccc(C(F)(F)F)cc5)c(F)c4)nc(=O)n3C[C@]2(C)CO1. The Balaban J connectivity index is 1.31. The second-order valence-corrected chi connectivity index (χ2v) is 9.35. The van der Waals surface area contributed by atoms with Gasteiger partial charge in [-0.25, -0.2) is 13.6 Å². The van der Waals surface area contributed by atoms with Gasteiger partial charge in [-0.1, -0.05) is 0 Å². The zero-order valence-corrected chi connectivity index (χ0v) is 19.8. The number of fused-ring (bicyclic) bond motifs is 3. The van der Waals surface area contributed by atoms with Gasteiger partial charge in [0.05, 0.1) is 30.4 Å². The summed E-state index contributed by atoms with van der Waals surface area (Å²) in [5.74, 6) is -2.44. The fraction of sp³-hybridized carbons (Fsp3) is 0.360. The molecular formula is C25H22F5N3O4. The van der Waals surface area contributed by atoms with Crippen LogP contribution in [0.3, 0.4) is 0 Å². The summed E-state index contributed by atoms with van der Waals surface area (Å²) in [4.78, 5) is 18.6. The summed E-state index contributed by atoms with van der Waals surface area (Å²) in [6.45, 7) is 5.08. The fourth-order valence-corrected chi connectivity index (χ4v) is 4.47. The molecule has 0 N–H and O–H groups in total. The van der Waals surface area contributed by atoms with Crippen molar-refractivity contribution in [1.29, 1.82) is 0 Å². The lowest BCUT2D eigenvalue weighted by Crippen LogP contribution is -2.55. The number of ether oxygens (including phenoxy) is 3. The van der Waals surface area contributed by atoms with E-state index in [1.54, 1.807) is 10.6 Å². The molecule has 2 aromatic carbocycles. The number of anilines is 1. The minimum Gasteiger partial charge on any atom is -0.473 e. The Hall–Kier alpha value is -3.67. The first-order chi connectivity index (χ1) is 17.4. The summed E-state index contributed by atoms with van der Waals surface area (Å²) in [5.41, 5.74) is -1.72. The highest BCUT2D eigenvalue weighted by Crippen LogP contribution is 2.37. The van der Waals surface area contributed by atoms with Gasteiger partial charge >= 0.3 is 11.9 Å². The Bertz CT molecular complexity index is 1370. The van der Waals surface area contributed by atoms with E-state index in [2.05, 4.69) is 9.88 Å². The topological polar surface area (TPSA) is 65.8 Å². The number of halogens is 5. The maximum Gasteiger partial charge on any atom is 0.416 e. The molecule has 1 fully saturated rings. The van der Waals surface area contributed by atoms with E-state index in [-0.39, 0.29) is 29.9 Å². The Labute approximate surface area is 208 Å². The van der Waals surface area contributed by atoms with Crippen molar-refractivity contribution in [3.63, 3.8) is 0 Å². The summed E-state index contributed by atoms with van der Waals surface area (Å²) >= 11 is 0. The molecule has 5 rings (SSSR count). The van der Waals surface area contributed by atoms with E-state index in [1.165, 1.54) is 0 Å². The van der Waals surface area contributed by atoms with Crippen LogP contribution < -0.4 is 20.1 Å². The molecule has 3 aromatic rings. The first-order valence-corrected chi connectivity index (χ1v) is 11.4. The number of benzene rings is 2. The van der Waals surface area contributed by atoms with Gasteiger partial charge < -0.3 is 19.1 Å². The average molecular weight is 523 g/mol. The van der Waals surface area contributed by atoms with E-state index in [0.717, 1.165) is 36.4 Å². The van der Waals surface area contributed by atoms with Crippen molar-refractivity contribution in [2.75, 3.05) is 18.1 Å². The molecule has 2 aliphatic rings. The number of aromatic nitrogens is 2. The second kappa shape index (κ2) is 9.02. The van der Waals surface area contributed by atoms with E-state index in [9.17, 15) is 26.7 Å². The van der Waals surface area contributed by atoms with E-state index >= 15 is 0 Å². The highest BCUT2D eigenvalue weighted by atomic mass is 19.4. The van der Waals surface area contributed by atoms with Gasteiger partial charge in [-0.3, -0.25) is 4.57 Å². The molecule has 196 valence electrons. The predicted molar refractivity (Wildman–Crippen MR) is 122 cm³/mol. The van der Waals surface area contributed by atoms with Crippen LogP contribution >= 0.6 is 0 Å². The van der Waals surface area contributed by atoms with Gasteiger partial charge in [0.2, 0.25) is 5.88 Å². The van der Waals surface area contributed by atoms with Crippen molar-refractivity contribution in [2.45, 2.75) is 44.8 Å². The van der Waals surface area contributed by atoms with Gasteiger partial charge in [-0.2, -0.15) is 18.2 Å². The lowest BCUT2D eigenvalue weighted by molar-refractivity contribution is -0.137. The Morgan fingerprint density at radius 3 is 2.46 bits per heavy atom. The molecule has 2 aliphatic heterocycles. The molecule has 0 unspecified atom stereocenters. The Kier molecular flexibility index (Phi) is 6.09. The number of nitrogens with zero attached hydrogens (tertiary/aromatic N) is 3. The standard InChI is InChI=1S/C25H22F5N3O4/c1-14-10-33-21-9-20(31-23(34)32(21)12-24(33,2)13-36-14)35-11-15-7-18(26)22(19(27)8-15)37-17-5-3-16(4-6-17)25(28,29)30/h3-9,14H,10-13H2,1-2H3/t14-,24+/m0/s1. The molecular weight excluding hydrogens is 501 g/mol. The van der Waals surface area contributed by atoms with Crippen molar-refractivity contribution >= 4 is 5.82 Å². The Morgan fingerprint density at radius 2 is 1.81 bits per heavy atom. The van der Waals surface area contributed by atoms with Crippen LogP contribution in [0.15, 0.2) is 47.3 Å². The van der Waals surface area contributed by atoms with Crippen LogP contribution in [-0.2, 0) is 24.1 Å². The third-order valence-electron chi connectivity index (χ3n) is 6.36. The predicted octanol–water partition coefficient (Wildman–Crippen LogP) is 4.91. The van der Waals surface area contributed by atoms with Gasteiger partial charge in [0, 0.05) is 12.6 Å². The van der Waals surface area contributed by atoms with Gasteiger partial charge in [-0.05, 0) is 55.8 Å². The molecule has 1 aromatic heterocycles. The third kappa shape index (κ3) is 4.85. The number of morpholine rings is 1. The minimum absolute atomic E-state index is 0.00513. The molecule has 12 heteroatoms. The largest absolute Gasteiger partial charge is 0.473 e. The summed E-state index contributed by atoms with van der Waals surface area (Å²) in [7, 11) is 0. The van der Waals surface area contributed by atoms with Crippen LogP contribution in [0.1, 0.15) is 25.0 Å². The summed E-state index contributed by atoms with van der Waals surface area (Å²) in [6, 6.07) is 7.00. The minimum atomic E-state index is -4.55. The molecule has 0 spiro atoms. The zero-order chi connectivity index (χ0) is 26.5. The Morgan fingerprint density at radius 1 is 1.14 bits per heavy atom. The van der Waals surface area contributed by atoms with Crippen molar-refractivity contribution in [3.05, 3.63) is 75.7 Å². The van der Waals surface area contributed by atoms with Gasteiger partial charge in [0.1, 0.15) is 18.2 Å². The second-order valence-electron chi connectivity index (χ2n) is 9.35. The lowest BCUT2D eigenvalue weighted by Gasteiger charge is -2.42. The van der Waals surface area contributed by atoms with Gasteiger partial charge in [0.25, 0.3) is 0 Å². The molecule has 1 saturated heterocycles. The maximum atomic E-state index is 14.6. The third-order valence-corrected chi connectivity index (χ3v) is 6.36. The van der Waals surface area contributed by atoms with E-state index in [4.69, 9.17) is 14.2 Å². The summed E-state index contributed by atoms with van der Waals surface area (Å²) in [6.07, 6.45) is -4.57. The van der Waals surface area contributed by atoms with Crippen molar-refractivity contribution in [2.24, 2.45) is 0 Å². The molecule has 37 heavy (non-hydrogen) atoms. The molecule has 3 heterocycles. The van der Waals surface area contributed by atoms with Crippen molar-refractivity contribution in [1.82, 2.24) is 9.55 Å². The average Bonchev–Trinajstić information content (AvgIpc) is 3.12. The van der Waals surface area contributed by atoms with E-state index in [1.807, 2.05) is 13.8 Å². The van der Waals surface area contributed by atoms with Gasteiger partial charge in [0.15, 0.2) is 17.4 Å². The fourth-order valence-electron chi connectivity index (χ4n) is 4.47. The molecule has 2 atom stereocenters. The molecule has 0 saturated carbocycles. The number of hydrogen-bond donors (Lipinski definition) is 0. The highest BCUT2D eigenvalue weighted by Gasteiger charge is 2.45. The van der Waals surface area contributed by atoms with Crippen LogP contribution in [0, 0.1) is 11.6 Å².